The van der Waals surface area contributed by atoms with Crippen molar-refractivity contribution >= 4 is 11.9 Å². The molecule has 0 amide bonds. The van der Waals surface area contributed by atoms with Crippen LogP contribution in [0.25, 0.3) is 0 Å². The maximum atomic E-state index is 12.7. The van der Waals surface area contributed by atoms with Crippen LogP contribution >= 0.6 is 0 Å². The van der Waals surface area contributed by atoms with Crippen LogP contribution in [0.2, 0.25) is 0 Å². The molecule has 1 fully saturated rings. The molecule has 0 heterocycles. The fraction of sp³-hybridized carbons (Fsp3) is 0.933. The van der Waals surface area contributed by atoms with Gasteiger partial charge in [-0.15, -0.1) is 0 Å². The number of unbranched alkanes of at least 4 members (excludes halogenated alkanes) is 13. The van der Waals surface area contributed by atoms with Crippen LogP contribution < -0.4 is 0 Å². The molecule has 0 aromatic heterocycles. The second kappa shape index (κ2) is 21.2. The van der Waals surface area contributed by atoms with E-state index in [1.54, 1.807) is 0 Å². The van der Waals surface area contributed by atoms with Crippen LogP contribution in [-0.2, 0) is 19.1 Å². The van der Waals surface area contributed by atoms with E-state index >= 15 is 0 Å². The number of rotatable bonds is 21. The molecule has 0 aromatic carbocycles. The summed E-state index contributed by atoms with van der Waals surface area (Å²) in [5.74, 6) is -0.140. The third-order valence-corrected chi connectivity index (χ3v) is 7.28. The van der Waals surface area contributed by atoms with E-state index in [0.717, 1.165) is 57.3 Å². The monoisotopic (exact) mass is 480 g/mol. The molecule has 1 aliphatic rings. The van der Waals surface area contributed by atoms with Crippen molar-refractivity contribution in [1.29, 1.82) is 0 Å². The van der Waals surface area contributed by atoms with E-state index in [2.05, 4.69) is 20.8 Å². The number of ether oxygens (including phenoxy) is 2. The van der Waals surface area contributed by atoms with Crippen molar-refractivity contribution in [3.8, 4) is 0 Å². The first-order chi connectivity index (χ1) is 16.6. The Morgan fingerprint density at radius 1 is 0.618 bits per heavy atom. The third-order valence-electron chi connectivity index (χ3n) is 7.28. The summed E-state index contributed by atoms with van der Waals surface area (Å²) in [7, 11) is 0. The SMILES string of the molecule is CCCCCCCCCOC(=O)C1CCCCC1C(=O)OCCCCCCCCCCC(C)C. The topological polar surface area (TPSA) is 52.6 Å². The van der Waals surface area contributed by atoms with Gasteiger partial charge in [-0.1, -0.05) is 124 Å². The Bertz CT molecular complexity index is 502. The molecule has 0 radical (unpaired) electrons. The van der Waals surface area contributed by atoms with Crippen molar-refractivity contribution in [2.75, 3.05) is 13.2 Å². The zero-order valence-corrected chi connectivity index (χ0v) is 22.9. The van der Waals surface area contributed by atoms with E-state index in [-0.39, 0.29) is 23.8 Å². The first-order valence-electron chi connectivity index (χ1n) is 14.9. The second-order valence-corrected chi connectivity index (χ2v) is 11.0. The molecule has 1 saturated carbocycles. The van der Waals surface area contributed by atoms with Gasteiger partial charge in [0.05, 0.1) is 25.0 Å². The summed E-state index contributed by atoms with van der Waals surface area (Å²) in [5.41, 5.74) is 0. The van der Waals surface area contributed by atoms with Gasteiger partial charge in [-0.3, -0.25) is 9.59 Å². The molecular formula is C30H56O4. The predicted molar refractivity (Wildman–Crippen MR) is 142 cm³/mol. The van der Waals surface area contributed by atoms with Crippen LogP contribution in [0.15, 0.2) is 0 Å². The minimum Gasteiger partial charge on any atom is -0.465 e. The van der Waals surface area contributed by atoms with E-state index in [1.807, 2.05) is 0 Å². The van der Waals surface area contributed by atoms with E-state index in [0.29, 0.717) is 13.2 Å². The van der Waals surface area contributed by atoms with Crippen LogP contribution in [0.1, 0.15) is 149 Å². The molecule has 4 nitrogen and oxygen atoms in total. The largest absolute Gasteiger partial charge is 0.465 e. The Balaban J connectivity index is 2.11. The third kappa shape index (κ3) is 15.8. The molecule has 0 spiro atoms. The standard InChI is InChI=1S/C30H56O4/c1-4-5-6-7-11-14-19-24-33-29(31)27-22-17-18-23-28(27)30(32)34-25-20-15-12-9-8-10-13-16-21-26(2)3/h26-28H,4-25H2,1-3H3. The first kappa shape index (κ1) is 31.0. The van der Waals surface area contributed by atoms with Gasteiger partial charge < -0.3 is 9.47 Å². The molecule has 1 aliphatic carbocycles. The summed E-state index contributed by atoms with van der Waals surface area (Å²) < 4.78 is 11.1. The lowest BCUT2D eigenvalue weighted by atomic mass is 9.79. The fourth-order valence-corrected chi connectivity index (χ4v) is 5.03. The first-order valence-corrected chi connectivity index (χ1v) is 14.9. The van der Waals surface area contributed by atoms with Crippen LogP contribution in [-0.4, -0.2) is 25.2 Å². The summed E-state index contributed by atoms with van der Waals surface area (Å²) in [6.45, 7) is 7.80. The normalized spacial score (nSPS) is 18.2. The van der Waals surface area contributed by atoms with Crippen molar-refractivity contribution < 1.29 is 19.1 Å². The molecule has 0 saturated heterocycles. The fourth-order valence-electron chi connectivity index (χ4n) is 5.03. The Hall–Kier alpha value is -1.06. The lowest BCUT2D eigenvalue weighted by molar-refractivity contribution is -0.163. The average Bonchev–Trinajstić information content (AvgIpc) is 2.83. The Labute approximate surface area is 211 Å². The minimum atomic E-state index is -0.305. The van der Waals surface area contributed by atoms with Gasteiger partial charge in [-0.25, -0.2) is 0 Å². The Morgan fingerprint density at radius 3 is 1.41 bits per heavy atom. The van der Waals surface area contributed by atoms with Gasteiger partial charge in [-0.05, 0) is 31.6 Å². The average molecular weight is 481 g/mol. The molecule has 0 N–H and O–H groups in total. The predicted octanol–water partition coefficient (Wildman–Crippen LogP) is 8.80. The number of carbonyl (C=O) groups excluding carboxylic acids is 2. The van der Waals surface area contributed by atoms with Gasteiger partial charge >= 0.3 is 11.9 Å². The number of hydrogen-bond donors (Lipinski definition) is 0. The molecule has 1 rings (SSSR count). The summed E-state index contributed by atoms with van der Waals surface area (Å²) >= 11 is 0. The van der Waals surface area contributed by atoms with Crippen molar-refractivity contribution in [2.45, 2.75) is 149 Å². The van der Waals surface area contributed by atoms with Gasteiger partial charge in [0.15, 0.2) is 0 Å². The quantitative estimate of drug-likeness (QED) is 0.122. The van der Waals surface area contributed by atoms with Crippen molar-refractivity contribution in [3.63, 3.8) is 0 Å². The van der Waals surface area contributed by atoms with Gasteiger partial charge in [0.1, 0.15) is 0 Å². The molecule has 2 atom stereocenters. The van der Waals surface area contributed by atoms with Crippen molar-refractivity contribution in [1.82, 2.24) is 0 Å². The molecule has 34 heavy (non-hydrogen) atoms. The molecule has 2 unspecified atom stereocenters. The van der Waals surface area contributed by atoms with Crippen LogP contribution in [0.5, 0.6) is 0 Å². The number of esters is 2. The van der Waals surface area contributed by atoms with E-state index in [4.69, 9.17) is 9.47 Å². The Kier molecular flexibility index (Phi) is 19.3. The zero-order valence-electron chi connectivity index (χ0n) is 22.9. The van der Waals surface area contributed by atoms with E-state index in [9.17, 15) is 9.59 Å². The van der Waals surface area contributed by atoms with Crippen molar-refractivity contribution in [2.24, 2.45) is 17.8 Å². The lowest BCUT2D eigenvalue weighted by Gasteiger charge is -2.28. The molecule has 200 valence electrons. The molecule has 0 aromatic rings. The second-order valence-electron chi connectivity index (χ2n) is 11.0. The zero-order chi connectivity index (χ0) is 24.9. The smallest absolute Gasteiger partial charge is 0.309 e. The molecule has 0 aliphatic heterocycles. The van der Waals surface area contributed by atoms with Gasteiger partial charge in [-0.2, -0.15) is 0 Å². The summed E-state index contributed by atoms with van der Waals surface area (Å²) in [6, 6.07) is 0. The molecule has 0 bridgehead atoms. The summed E-state index contributed by atoms with van der Waals surface area (Å²) in [4.78, 5) is 25.3. The highest BCUT2D eigenvalue weighted by Gasteiger charge is 2.37. The number of carbonyl (C=O) groups is 2. The van der Waals surface area contributed by atoms with E-state index in [1.165, 1.54) is 77.0 Å². The molecular weight excluding hydrogens is 424 g/mol. The summed E-state index contributed by atoms with van der Waals surface area (Å²) in [5, 5.41) is 0. The van der Waals surface area contributed by atoms with E-state index < -0.39 is 0 Å². The highest BCUT2D eigenvalue weighted by molar-refractivity contribution is 5.82. The van der Waals surface area contributed by atoms with Crippen LogP contribution in [0.3, 0.4) is 0 Å². The van der Waals surface area contributed by atoms with Gasteiger partial charge in [0, 0.05) is 0 Å². The molecule has 4 heteroatoms. The number of hydrogen-bond acceptors (Lipinski definition) is 4. The highest BCUT2D eigenvalue weighted by atomic mass is 16.5. The maximum absolute atomic E-state index is 12.7. The summed E-state index contributed by atoms with van der Waals surface area (Å²) in [6.07, 6.45) is 23.2. The highest BCUT2D eigenvalue weighted by Crippen LogP contribution is 2.32. The van der Waals surface area contributed by atoms with Crippen LogP contribution in [0.4, 0.5) is 0 Å². The maximum Gasteiger partial charge on any atom is 0.309 e. The van der Waals surface area contributed by atoms with Crippen LogP contribution in [0, 0.1) is 17.8 Å². The lowest BCUT2D eigenvalue weighted by Crippen LogP contribution is -2.35. The minimum absolute atomic E-state index is 0.178. The van der Waals surface area contributed by atoms with Gasteiger partial charge in [0.25, 0.3) is 0 Å². The Morgan fingerprint density at radius 2 is 1.00 bits per heavy atom. The van der Waals surface area contributed by atoms with Crippen molar-refractivity contribution in [3.05, 3.63) is 0 Å². The van der Waals surface area contributed by atoms with Gasteiger partial charge in [0.2, 0.25) is 0 Å².